The number of likely N-dealkylation sites (N-methyl/N-ethyl adjacent to an activating group) is 1. The van der Waals surface area contributed by atoms with Crippen LogP contribution in [-0.2, 0) is 0 Å². The number of rotatable bonds is 6. The average molecular weight is 244 g/mol. The zero-order chi connectivity index (χ0) is 13.5. The molecule has 18 heavy (non-hydrogen) atoms. The first-order valence-corrected chi connectivity index (χ1v) is 6.28. The highest BCUT2D eigenvalue weighted by Crippen LogP contribution is 2.06. The van der Waals surface area contributed by atoms with E-state index in [0.29, 0.717) is 13.1 Å². The smallest absolute Gasteiger partial charge is 0.176 e. The molecule has 0 bridgehead atoms. The summed E-state index contributed by atoms with van der Waals surface area (Å²) in [6, 6.07) is 9.81. The van der Waals surface area contributed by atoms with E-state index in [1.54, 1.807) is 0 Å². The van der Waals surface area contributed by atoms with E-state index in [4.69, 9.17) is 5.26 Å². The summed E-state index contributed by atoms with van der Waals surface area (Å²) in [5.74, 6) is 0.0674. The van der Waals surface area contributed by atoms with Crippen LogP contribution in [0, 0.1) is 24.2 Å². The molecule has 0 radical (unpaired) electrons. The normalized spacial score (nSPS) is 12.2. The molecule has 0 aliphatic heterocycles. The lowest BCUT2D eigenvalue weighted by atomic mass is 10.1. The number of hydrogen-bond donors (Lipinski definition) is 0. The van der Waals surface area contributed by atoms with Gasteiger partial charge in [0.15, 0.2) is 5.78 Å². The fourth-order valence-corrected chi connectivity index (χ4v) is 1.77. The van der Waals surface area contributed by atoms with Crippen LogP contribution in [0.3, 0.4) is 0 Å². The van der Waals surface area contributed by atoms with E-state index in [1.807, 2.05) is 49.9 Å². The number of ketones is 1. The monoisotopic (exact) mass is 244 g/mol. The Morgan fingerprint density at radius 2 is 2.00 bits per heavy atom. The number of Topliss-reactive ketones (excluding diaryl/α,β-unsaturated/α-hetero) is 1. The molecule has 3 heteroatoms. The van der Waals surface area contributed by atoms with Crippen LogP contribution >= 0.6 is 0 Å². The third-order valence-corrected chi connectivity index (χ3v) is 2.94. The van der Waals surface area contributed by atoms with E-state index in [0.717, 1.165) is 17.7 Å². The van der Waals surface area contributed by atoms with E-state index in [9.17, 15) is 4.79 Å². The molecule has 1 atom stereocenters. The first-order valence-electron chi connectivity index (χ1n) is 6.28. The Morgan fingerprint density at radius 1 is 1.39 bits per heavy atom. The van der Waals surface area contributed by atoms with Crippen molar-refractivity contribution in [2.75, 3.05) is 19.6 Å². The quantitative estimate of drug-likeness (QED) is 0.723. The number of carbonyl (C=O) groups is 1. The van der Waals surface area contributed by atoms with E-state index in [1.165, 1.54) is 0 Å². The van der Waals surface area contributed by atoms with Crippen molar-refractivity contribution in [2.45, 2.75) is 20.8 Å². The fraction of sp³-hybridized carbons (Fsp3) is 0.467. The summed E-state index contributed by atoms with van der Waals surface area (Å²) in [6.45, 7) is 7.69. The molecule has 0 fully saturated rings. The maximum Gasteiger partial charge on any atom is 0.176 e. The third-order valence-electron chi connectivity index (χ3n) is 2.94. The van der Waals surface area contributed by atoms with Crippen molar-refractivity contribution in [3.05, 3.63) is 35.4 Å². The van der Waals surface area contributed by atoms with Crippen LogP contribution in [0.1, 0.15) is 29.8 Å². The van der Waals surface area contributed by atoms with Crippen LogP contribution in [0.25, 0.3) is 0 Å². The molecule has 0 spiro atoms. The van der Waals surface area contributed by atoms with Crippen molar-refractivity contribution in [3.8, 4) is 6.07 Å². The summed E-state index contributed by atoms with van der Waals surface area (Å²) in [6.07, 6.45) is 0. The van der Waals surface area contributed by atoms with Crippen LogP contribution in [0.2, 0.25) is 0 Å². The van der Waals surface area contributed by atoms with E-state index < -0.39 is 0 Å². The molecule has 1 aromatic carbocycles. The first-order chi connectivity index (χ1) is 8.56. The highest BCUT2D eigenvalue weighted by molar-refractivity contribution is 5.97. The van der Waals surface area contributed by atoms with Gasteiger partial charge in [-0.15, -0.1) is 0 Å². The van der Waals surface area contributed by atoms with Crippen LogP contribution in [-0.4, -0.2) is 30.3 Å². The minimum atomic E-state index is -0.0456. The minimum Gasteiger partial charge on any atom is -0.295 e. The van der Waals surface area contributed by atoms with E-state index >= 15 is 0 Å². The molecule has 1 aromatic rings. The summed E-state index contributed by atoms with van der Waals surface area (Å²) in [4.78, 5) is 14.1. The number of hydrogen-bond acceptors (Lipinski definition) is 3. The Hall–Kier alpha value is -1.66. The van der Waals surface area contributed by atoms with Gasteiger partial charge in [-0.25, -0.2) is 0 Å². The summed E-state index contributed by atoms with van der Waals surface area (Å²) in [5, 5.41) is 8.80. The molecule has 0 aliphatic carbocycles. The topological polar surface area (TPSA) is 44.1 Å². The number of aryl methyl sites for hydroxylation is 1. The largest absolute Gasteiger partial charge is 0.295 e. The van der Waals surface area contributed by atoms with E-state index in [2.05, 4.69) is 6.07 Å². The Labute approximate surface area is 109 Å². The van der Waals surface area contributed by atoms with Crippen LogP contribution in [0.5, 0.6) is 0 Å². The second-order valence-corrected chi connectivity index (χ2v) is 4.65. The highest BCUT2D eigenvalue weighted by Gasteiger charge is 2.13. The maximum absolute atomic E-state index is 12.1. The van der Waals surface area contributed by atoms with E-state index in [-0.39, 0.29) is 11.7 Å². The average Bonchev–Trinajstić information content (AvgIpc) is 2.38. The van der Waals surface area contributed by atoms with Gasteiger partial charge in [-0.05, 0) is 20.4 Å². The predicted molar refractivity (Wildman–Crippen MR) is 72.4 cm³/mol. The summed E-state index contributed by atoms with van der Waals surface area (Å²) in [5.41, 5.74) is 1.89. The molecule has 96 valence electrons. The molecule has 0 amide bonds. The minimum absolute atomic E-state index is 0.0456. The lowest BCUT2D eigenvalue weighted by molar-refractivity contribution is 0.0929. The molecule has 0 heterocycles. The maximum atomic E-state index is 12.1. The predicted octanol–water partition coefficient (Wildman–Crippen LogP) is 2.66. The second-order valence-electron chi connectivity index (χ2n) is 4.65. The Bertz CT molecular complexity index is 431. The Balaban J connectivity index is 2.62. The van der Waals surface area contributed by atoms with Crippen molar-refractivity contribution >= 4 is 5.78 Å². The third kappa shape index (κ3) is 4.31. The standard InChI is InChI=1S/C15H20N2O/c1-4-17(10-13(3)9-16)11-15(18)14-7-5-12(2)6-8-14/h5-8,13H,4,10-11H2,1-3H3. The van der Waals surface area contributed by atoms with Gasteiger partial charge in [0, 0.05) is 12.1 Å². The molecular weight excluding hydrogens is 224 g/mol. The Kier molecular flexibility index (Phi) is 5.54. The van der Waals surface area contributed by atoms with Gasteiger partial charge >= 0.3 is 0 Å². The SMILES string of the molecule is CCN(CC(=O)c1ccc(C)cc1)CC(C)C#N. The highest BCUT2D eigenvalue weighted by atomic mass is 16.1. The molecule has 0 N–H and O–H groups in total. The molecule has 3 nitrogen and oxygen atoms in total. The molecule has 0 aliphatic rings. The van der Waals surface area contributed by atoms with Crippen molar-refractivity contribution in [1.29, 1.82) is 5.26 Å². The zero-order valence-electron chi connectivity index (χ0n) is 11.3. The van der Waals surface area contributed by atoms with Gasteiger partial charge in [-0.2, -0.15) is 5.26 Å². The summed E-state index contributed by atoms with van der Waals surface area (Å²) >= 11 is 0. The Morgan fingerprint density at radius 3 is 2.50 bits per heavy atom. The number of nitriles is 1. The fourth-order valence-electron chi connectivity index (χ4n) is 1.77. The van der Waals surface area contributed by atoms with Gasteiger partial charge in [-0.3, -0.25) is 9.69 Å². The van der Waals surface area contributed by atoms with Crippen molar-refractivity contribution in [3.63, 3.8) is 0 Å². The van der Waals surface area contributed by atoms with Gasteiger partial charge in [0.1, 0.15) is 0 Å². The summed E-state index contributed by atoms with van der Waals surface area (Å²) in [7, 11) is 0. The van der Waals surface area contributed by atoms with Crippen LogP contribution in [0.4, 0.5) is 0 Å². The van der Waals surface area contributed by atoms with Gasteiger partial charge in [-0.1, -0.05) is 36.8 Å². The molecule has 1 rings (SSSR count). The van der Waals surface area contributed by atoms with Gasteiger partial charge in [0.25, 0.3) is 0 Å². The van der Waals surface area contributed by atoms with Crippen LogP contribution in [0.15, 0.2) is 24.3 Å². The van der Waals surface area contributed by atoms with Gasteiger partial charge < -0.3 is 0 Å². The van der Waals surface area contributed by atoms with Gasteiger partial charge in [0.05, 0.1) is 18.5 Å². The molecule has 0 saturated heterocycles. The lowest BCUT2D eigenvalue weighted by Gasteiger charge is -2.20. The van der Waals surface area contributed by atoms with Crippen LogP contribution < -0.4 is 0 Å². The number of carbonyl (C=O) groups excluding carboxylic acids is 1. The zero-order valence-corrected chi connectivity index (χ0v) is 11.3. The molecular formula is C15H20N2O. The number of benzene rings is 1. The van der Waals surface area contributed by atoms with Gasteiger partial charge in [0.2, 0.25) is 0 Å². The van der Waals surface area contributed by atoms with Crippen molar-refractivity contribution in [2.24, 2.45) is 5.92 Å². The van der Waals surface area contributed by atoms with Crippen molar-refractivity contribution in [1.82, 2.24) is 4.90 Å². The first kappa shape index (κ1) is 14.4. The number of nitrogens with zero attached hydrogens (tertiary/aromatic N) is 2. The second kappa shape index (κ2) is 6.93. The molecule has 0 aromatic heterocycles. The van der Waals surface area contributed by atoms with Crippen molar-refractivity contribution < 1.29 is 4.79 Å². The lowest BCUT2D eigenvalue weighted by Crippen LogP contribution is -2.33. The molecule has 0 saturated carbocycles. The summed E-state index contributed by atoms with van der Waals surface area (Å²) < 4.78 is 0. The molecule has 1 unspecified atom stereocenters.